The molecule has 4 nitrogen and oxygen atoms in total. The maximum atomic E-state index is 11.0. The molecule has 70 valence electrons. The van der Waals surface area contributed by atoms with Crippen molar-refractivity contribution in [3.63, 3.8) is 0 Å². The van der Waals surface area contributed by atoms with Crippen LogP contribution in [0.15, 0.2) is 28.7 Å². The van der Waals surface area contributed by atoms with Gasteiger partial charge >= 0.3 is 6.03 Å². The fourth-order valence-corrected chi connectivity index (χ4v) is 1.22. The Hall–Kier alpha value is -1.07. The van der Waals surface area contributed by atoms with Crippen LogP contribution in [0.25, 0.3) is 0 Å². The Morgan fingerprint density at radius 3 is 2.85 bits per heavy atom. The van der Waals surface area contributed by atoms with Crippen LogP contribution >= 0.6 is 15.9 Å². The van der Waals surface area contributed by atoms with Gasteiger partial charge in [-0.15, -0.1) is 0 Å². The zero-order chi connectivity index (χ0) is 9.84. The van der Waals surface area contributed by atoms with Crippen LogP contribution < -0.4 is 10.4 Å². The van der Waals surface area contributed by atoms with Crippen LogP contribution in [0.2, 0.25) is 0 Å². The van der Waals surface area contributed by atoms with Crippen LogP contribution in [0.4, 0.5) is 10.5 Å². The minimum atomic E-state index is -0.571. The largest absolute Gasteiger partial charge is 0.345 e. The van der Waals surface area contributed by atoms with Crippen molar-refractivity contribution in [3.05, 3.63) is 28.7 Å². The first-order chi connectivity index (χ1) is 6.15. The van der Waals surface area contributed by atoms with Crippen molar-refractivity contribution in [2.24, 2.45) is 0 Å². The Morgan fingerprint density at radius 1 is 1.62 bits per heavy atom. The van der Waals surface area contributed by atoms with E-state index in [0.29, 0.717) is 10.8 Å². The molecule has 0 fully saturated rings. The fourth-order valence-electron chi connectivity index (χ4n) is 0.831. The molecule has 0 aliphatic rings. The van der Waals surface area contributed by atoms with E-state index in [1.165, 1.54) is 7.05 Å². The van der Waals surface area contributed by atoms with E-state index in [2.05, 4.69) is 21.2 Å². The molecule has 0 bridgehead atoms. The highest BCUT2D eigenvalue weighted by Crippen LogP contribution is 2.18. The lowest BCUT2D eigenvalue weighted by Gasteiger charge is -2.13. The summed E-state index contributed by atoms with van der Waals surface area (Å²) in [5.74, 6) is 0. The van der Waals surface area contributed by atoms with E-state index in [1.54, 1.807) is 24.3 Å². The van der Waals surface area contributed by atoms with Gasteiger partial charge in [0, 0.05) is 11.5 Å². The summed E-state index contributed by atoms with van der Waals surface area (Å²) >= 11 is 3.23. The van der Waals surface area contributed by atoms with Gasteiger partial charge in [-0.1, -0.05) is 22.0 Å². The van der Waals surface area contributed by atoms with Crippen LogP contribution in [0.5, 0.6) is 0 Å². The topological polar surface area (TPSA) is 52.6 Å². The Morgan fingerprint density at radius 2 is 2.31 bits per heavy atom. The first-order valence-electron chi connectivity index (χ1n) is 3.61. The number of nitrogens with one attached hydrogen (secondary N) is 1. The first-order valence-corrected chi connectivity index (χ1v) is 4.40. The summed E-state index contributed by atoms with van der Waals surface area (Å²) in [5.41, 5.74) is 0.411. The number of nitrogens with zero attached hydrogens (tertiary/aromatic N) is 1. The number of hydroxylamine groups is 1. The predicted octanol–water partition coefficient (Wildman–Crippen LogP) is 1.98. The molecule has 0 heterocycles. The molecular weight excluding hydrogens is 236 g/mol. The van der Waals surface area contributed by atoms with Gasteiger partial charge in [0.1, 0.15) is 0 Å². The highest BCUT2D eigenvalue weighted by atomic mass is 79.9. The summed E-state index contributed by atoms with van der Waals surface area (Å²) < 4.78 is 0.799. The second-order valence-electron chi connectivity index (χ2n) is 2.35. The number of carbonyl (C=O) groups excluding carboxylic acids is 1. The van der Waals surface area contributed by atoms with Crippen LogP contribution in [0.1, 0.15) is 0 Å². The maximum Gasteiger partial charge on any atom is 0.345 e. The van der Waals surface area contributed by atoms with Gasteiger partial charge in [0.2, 0.25) is 0 Å². The van der Waals surface area contributed by atoms with Gasteiger partial charge in [-0.2, -0.15) is 5.06 Å². The Balaban J connectivity index is 2.88. The predicted molar refractivity (Wildman–Crippen MR) is 52.9 cm³/mol. The van der Waals surface area contributed by atoms with Gasteiger partial charge in [-0.05, 0) is 18.2 Å². The van der Waals surface area contributed by atoms with Crippen LogP contribution in [-0.2, 0) is 0 Å². The number of hydrogen-bond acceptors (Lipinski definition) is 2. The molecule has 13 heavy (non-hydrogen) atoms. The van der Waals surface area contributed by atoms with Crippen molar-refractivity contribution in [2.45, 2.75) is 0 Å². The third kappa shape index (κ3) is 2.43. The minimum Gasteiger partial charge on any atom is -0.339 e. The van der Waals surface area contributed by atoms with Crippen molar-refractivity contribution in [2.75, 3.05) is 12.1 Å². The van der Waals surface area contributed by atoms with Crippen molar-refractivity contribution < 1.29 is 10.0 Å². The molecule has 0 radical (unpaired) electrons. The van der Waals surface area contributed by atoms with E-state index in [1.807, 2.05) is 0 Å². The maximum absolute atomic E-state index is 11.0. The number of carbonyl (C=O) groups is 1. The molecule has 0 aliphatic carbocycles. The number of anilines is 1. The Bertz CT molecular complexity index is 317. The molecule has 0 spiro atoms. The SMILES string of the molecule is CNC(=O)N(O)c1cccc(Br)c1. The zero-order valence-corrected chi connectivity index (χ0v) is 8.58. The average molecular weight is 245 g/mol. The van der Waals surface area contributed by atoms with Crippen molar-refractivity contribution in [1.29, 1.82) is 0 Å². The quantitative estimate of drug-likeness (QED) is 0.587. The molecule has 1 aromatic carbocycles. The lowest BCUT2D eigenvalue weighted by molar-refractivity contribution is 0.206. The summed E-state index contributed by atoms with van der Waals surface area (Å²) in [6.07, 6.45) is 0. The lowest BCUT2D eigenvalue weighted by atomic mass is 10.3. The lowest BCUT2D eigenvalue weighted by Crippen LogP contribution is -2.35. The number of halogens is 1. The van der Waals surface area contributed by atoms with E-state index >= 15 is 0 Å². The van der Waals surface area contributed by atoms with Gasteiger partial charge in [0.05, 0.1) is 5.69 Å². The van der Waals surface area contributed by atoms with E-state index in [4.69, 9.17) is 0 Å². The summed E-state index contributed by atoms with van der Waals surface area (Å²) in [6.45, 7) is 0. The van der Waals surface area contributed by atoms with Gasteiger partial charge < -0.3 is 5.32 Å². The number of urea groups is 1. The fraction of sp³-hybridized carbons (Fsp3) is 0.125. The van der Waals surface area contributed by atoms with Gasteiger partial charge in [-0.3, -0.25) is 5.21 Å². The summed E-state index contributed by atoms with van der Waals surface area (Å²) in [7, 11) is 1.45. The van der Waals surface area contributed by atoms with E-state index in [9.17, 15) is 10.0 Å². The molecule has 0 aromatic heterocycles. The first kappa shape index (κ1) is 10.0. The number of benzene rings is 1. The minimum absolute atomic E-state index is 0.411. The van der Waals surface area contributed by atoms with Crippen LogP contribution in [0, 0.1) is 0 Å². The monoisotopic (exact) mass is 244 g/mol. The summed E-state index contributed by atoms with van der Waals surface area (Å²) in [4.78, 5) is 11.0. The molecule has 0 saturated carbocycles. The van der Waals surface area contributed by atoms with Crippen molar-refractivity contribution in [3.8, 4) is 0 Å². The van der Waals surface area contributed by atoms with Crippen LogP contribution in [-0.4, -0.2) is 18.3 Å². The molecule has 0 atom stereocenters. The van der Waals surface area contributed by atoms with Crippen molar-refractivity contribution in [1.82, 2.24) is 5.32 Å². The molecule has 0 saturated heterocycles. The Kier molecular flexibility index (Phi) is 3.27. The Labute approximate surface area is 84.2 Å². The highest BCUT2D eigenvalue weighted by molar-refractivity contribution is 9.10. The third-order valence-corrected chi connectivity index (χ3v) is 1.95. The molecule has 2 amide bonds. The second kappa shape index (κ2) is 4.25. The van der Waals surface area contributed by atoms with Gasteiger partial charge in [0.25, 0.3) is 0 Å². The van der Waals surface area contributed by atoms with Gasteiger partial charge in [-0.25, -0.2) is 4.79 Å². The van der Waals surface area contributed by atoms with Crippen molar-refractivity contribution >= 4 is 27.6 Å². The third-order valence-electron chi connectivity index (χ3n) is 1.46. The van der Waals surface area contributed by atoms with E-state index < -0.39 is 6.03 Å². The second-order valence-corrected chi connectivity index (χ2v) is 3.26. The number of hydrogen-bond donors (Lipinski definition) is 2. The van der Waals surface area contributed by atoms with E-state index in [-0.39, 0.29) is 0 Å². The molecular formula is C8H9BrN2O2. The highest BCUT2D eigenvalue weighted by Gasteiger charge is 2.10. The zero-order valence-electron chi connectivity index (χ0n) is 6.99. The normalized spacial score (nSPS) is 9.46. The van der Waals surface area contributed by atoms with Crippen LogP contribution in [0.3, 0.4) is 0 Å². The molecule has 0 unspecified atom stereocenters. The summed E-state index contributed by atoms with van der Waals surface area (Å²) in [6, 6.07) is 6.22. The molecule has 2 N–H and O–H groups in total. The molecule has 1 aromatic rings. The smallest absolute Gasteiger partial charge is 0.339 e. The molecule has 5 heteroatoms. The molecule has 1 rings (SSSR count). The standard InChI is InChI=1S/C8H9BrN2O2/c1-10-8(12)11(13)7-4-2-3-6(9)5-7/h2-5,13H,1H3,(H,10,12). The van der Waals surface area contributed by atoms with Gasteiger partial charge in [0.15, 0.2) is 0 Å². The van der Waals surface area contributed by atoms with E-state index in [0.717, 1.165) is 4.47 Å². The number of rotatable bonds is 1. The average Bonchev–Trinajstić information content (AvgIpc) is 2.15. The number of amides is 2. The summed E-state index contributed by atoms with van der Waals surface area (Å²) in [5, 5.41) is 12.2. The molecule has 0 aliphatic heterocycles.